The van der Waals surface area contributed by atoms with E-state index >= 15 is 0 Å². The number of aromatic hydroxyl groups is 1. The molecule has 6 nitrogen and oxygen atoms in total. The lowest BCUT2D eigenvalue weighted by Gasteiger charge is -2.27. The highest BCUT2D eigenvalue weighted by molar-refractivity contribution is 5.85. The lowest BCUT2D eigenvalue weighted by atomic mass is 9.78. The molecule has 0 atom stereocenters. The number of aromatic nitrogens is 1. The first-order valence-electron chi connectivity index (χ1n) is 12.6. The van der Waals surface area contributed by atoms with Crippen molar-refractivity contribution in [3.05, 3.63) is 64.0 Å². The fourth-order valence-electron chi connectivity index (χ4n) is 4.19. The summed E-state index contributed by atoms with van der Waals surface area (Å²) in [6.45, 7) is 21.0. The van der Waals surface area contributed by atoms with Crippen LogP contribution in [0.4, 0.5) is 0 Å². The number of phenolic OH excluding ortho intramolecular Hbond substituents is 1. The number of nitrogens with zero attached hydrogens (tertiary/aromatic N) is 1. The van der Waals surface area contributed by atoms with Gasteiger partial charge in [0.25, 0.3) is 0 Å². The van der Waals surface area contributed by atoms with Gasteiger partial charge in [-0.05, 0) is 49.4 Å². The Morgan fingerprint density at radius 2 is 1.57 bits per heavy atom. The number of benzene rings is 2. The van der Waals surface area contributed by atoms with Gasteiger partial charge in [0, 0.05) is 35.2 Å². The third-order valence-corrected chi connectivity index (χ3v) is 6.24. The molecule has 0 unspecified atom stereocenters. The van der Waals surface area contributed by atoms with E-state index in [-0.39, 0.29) is 28.7 Å². The van der Waals surface area contributed by atoms with Crippen molar-refractivity contribution in [2.24, 2.45) is 0 Å². The Bertz CT molecular complexity index is 1140. The Hall–Kier alpha value is -2.54. The summed E-state index contributed by atoms with van der Waals surface area (Å²) in [5.41, 5.74) is 5.54. The van der Waals surface area contributed by atoms with Crippen LogP contribution in [0.15, 0.2) is 34.7 Å². The van der Waals surface area contributed by atoms with Crippen molar-refractivity contribution >= 4 is 12.4 Å². The summed E-state index contributed by atoms with van der Waals surface area (Å²) >= 11 is 0. The third kappa shape index (κ3) is 7.97. The molecule has 0 aliphatic rings. The fraction of sp³-hybridized carbons (Fsp3) is 0.500. The number of hydrogen-bond donors (Lipinski definition) is 2. The van der Waals surface area contributed by atoms with Crippen LogP contribution < -0.4 is 10.1 Å². The van der Waals surface area contributed by atoms with Crippen LogP contribution in [0, 0.1) is 13.8 Å². The summed E-state index contributed by atoms with van der Waals surface area (Å²) in [6, 6.07) is 10.3. The molecule has 37 heavy (non-hydrogen) atoms. The van der Waals surface area contributed by atoms with E-state index in [0.717, 1.165) is 52.5 Å². The van der Waals surface area contributed by atoms with Crippen LogP contribution >= 0.6 is 12.4 Å². The Kier molecular flexibility index (Phi) is 11.2. The second-order valence-corrected chi connectivity index (χ2v) is 11.4. The van der Waals surface area contributed by atoms with Gasteiger partial charge in [-0.3, -0.25) is 0 Å². The minimum Gasteiger partial charge on any atom is -0.507 e. The van der Waals surface area contributed by atoms with E-state index in [1.807, 2.05) is 25.1 Å². The molecule has 206 valence electrons. The highest BCUT2D eigenvalue weighted by Crippen LogP contribution is 2.42. The molecule has 0 saturated heterocycles. The molecule has 0 radical (unpaired) electrons. The van der Waals surface area contributed by atoms with E-state index < -0.39 is 0 Å². The zero-order valence-electron chi connectivity index (χ0n) is 23.8. The van der Waals surface area contributed by atoms with Gasteiger partial charge < -0.3 is 25.1 Å². The minimum absolute atomic E-state index is 0. The summed E-state index contributed by atoms with van der Waals surface area (Å²) < 4.78 is 12.3. The standard InChI is InChI=1S/C30H42N2O3.ClH.H2O/c1-10-31-18-22-15-19(2)11-12-26(22)34-14-13-25-20(3)35-28(32-25)21-16-23(29(4,5)6)27(33)24(17-21)30(7,8)9;;/h11-12,15-17,31,33H,10,13-14,18H2,1-9H3;1H;1H2. The molecular formula is C30H45ClN2O4. The second kappa shape index (κ2) is 12.8. The molecule has 0 bridgehead atoms. The molecule has 3 rings (SSSR count). The molecule has 3 aromatic rings. The number of halogens is 1. The van der Waals surface area contributed by atoms with E-state index in [1.165, 1.54) is 5.56 Å². The smallest absolute Gasteiger partial charge is 0.226 e. The maximum absolute atomic E-state index is 11.0. The van der Waals surface area contributed by atoms with Crippen LogP contribution in [0.1, 0.15) is 82.2 Å². The molecule has 0 amide bonds. The van der Waals surface area contributed by atoms with Gasteiger partial charge in [0.05, 0.1) is 12.3 Å². The van der Waals surface area contributed by atoms with E-state index in [0.29, 0.717) is 24.7 Å². The predicted molar refractivity (Wildman–Crippen MR) is 154 cm³/mol. The number of oxazole rings is 1. The molecule has 4 N–H and O–H groups in total. The largest absolute Gasteiger partial charge is 0.507 e. The molecule has 0 aliphatic carbocycles. The van der Waals surface area contributed by atoms with Crippen molar-refractivity contribution in [2.45, 2.75) is 86.1 Å². The zero-order chi connectivity index (χ0) is 26.0. The summed E-state index contributed by atoms with van der Waals surface area (Å²) in [4.78, 5) is 4.83. The topological polar surface area (TPSA) is 99.0 Å². The van der Waals surface area contributed by atoms with Gasteiger partial charge in [-0.15, -0.1) is 12.4 Å². The first-order valence-corrected chi connectivity index (χ1v) is 12.6. The van der Waals surface area contributed by atoms with Gasteiger partial charge in [0.1, 0.15) is 17.3 Å². The Balaban J connectivity index is 0.00000342. The molecule has 1 heterocycles. The monoisotopic (exact) mass is 532 g/mol. The van der Waals surface area contributed by atoms with Gasteiger partial charge in [0.2, 0.25) is 5.89 Å². The number of ether oxygens (including phenoxy) is 1. The molecule has 1 aromatic heterocycles. The van der Waals surface area contributed by atoms with Gasteiger partial charge in [-0.1, -0.05) is 66.2 Å². The fourth-order valence-corrected chi connectivity index (χ4v) is 4.19. The Morgan fingerprint density at radius 3 is 2.11 bits per heavy atom. The minimum atomic E-state index is -0.212. The highest BCUT2D eigenvalue weighted by Gasteiger charge is 2.28. The summed E-state index contributed by atoms with van der Waals surface area (Å²) in [5, 5.41) is 14.4. The first-order chi connectivity index (χ1) is 16.3. The second-order valence-electron chi connectivity index (χ2n) is 11.4. The summed E-state index contributed by atoms with van der Waals surface area (Å²) in [6.07, 6.45) is 0.653. The van der Waals surface area contributed by atoms with Crippen LogP contribution in [0.2, 0.25) is 0 Å². The molecular weight excluding hydrogens is 488 g/mol. The van der Waals surface area contributed by atoms with Crippen molar-refractivity contribution in [3.63, 3.8) is 0 Å². The molecule has 7 heteroatoms. The number of nitrogens with one attached hydrogen (secondary N) is 1. The van der Waals surface area contributed by atoms with E-state index in [1.54, 1.807) is 0 Å². The molecule has 0 spiro atoms. The normalized spacial score (nSPS) is 11.6. The van der Waals surface area contributed by atoms with Crippen LogP contribution in [-0.4, -0.2) is 28.7 Å². The van der Waals surface area contributed by atoms with Crippen molar-refractivity contribution in [1.82, 2.24) is 10.3 Å². The zero-order valence-corrected chi connectivity index (χ0v) is 24.7. The number of rotatable bonds is 8. The van der Waals surface area contributed by atoms with Crippen molar-refractivity contribution in [3.8, 4) is 23.0 Å². The Labute approximate surface area is 228 Å². The van der Waals surface area contributed by atoms with Gasteiger partial charge in [0.15, 0.2) is 0 Å². The lowest BCUT2D eigenvalue weighted by Crippen LogP contribution is -2.17. The number of phenols is 1. The van der Waals surface area contributed by atoms with Gasteiger partial charge in [-0.2, -0.15) is 0 Å². The number of hydrogen-bond acceptors (Lipinski definition) is 5. The maximum Gasteiger partial charge on any atom is 0.226 e. The molecule has 0 saturated carbocycles. The van der Waals surface area contributed by atoms with Crippen LogP contribution in [0.3, 0.4) is 0 Å². The molecule has 0 fully saturated rings. The summed E-state index contributed by atoms with van der Waals surface area (Å²) in [5.74, 6) is 2.64. The average Bonchev–Trinajstić information content (AvgIpc) is 3.12. The predicted octanol–water partition coefficient (Wildman–Crippen LogP) is 6.59. The van der Waals surface area contributed by atoms with E-state index in [4.69, 9.17) is 14.1 Å². The van der Waals surface area contributed by atoms with E-state index in [9.17, 15) is 5.11 Å². The quantitative estimate of drug-likeness (QED) is 0.341. The van der Waals surface area contributed by atoms with Crippen molar-refractivity contribution < 1.29 is 19.7 Å². The third-order valence-electron chi connectivity index (χ3n) is 6.24. The SMILES string of the molecule is CCNCc1cc(C)ccc1OCCc1nc(-c2cc(C(C)(C)C)c(O)c(C(C)(C)C)c2)oc1C.Cl.O. The average molecular weight is 533 g/mol. The maximum atomic E-state index is 11.0. The first kappa shape index (κ1) is 32.5. The van der Waals surface area contributed by atoms with Crippen LogP contribution in [-0.2, 0) is 23.8 Å². The van der Waals surface area contributed by atoms with Crippen LogP contribution in [0.5, 0.6) is 11.5 Å². The highest BCUT2D eigenvalue weighted by atomic mass is 35.5. The number of aryl methyl sites for hydroxylation is 2. The molecule has 0 aliphatic heterocycles. The van der Waals surface area contributed by atoms with Crippen LogP contribution in [0.25, 0.3) is 11.5 Å². The summed E-state index contributed by atoms with van der Waals surface area (Å²) in [7, 11) is 0. The van der Waals surface area contributed by atoms with Crippen molar-refractivity contribution in [1.29, 1.82) is 0 Å². The van der Waals surface area contributed by atoms with Gasteiger partial charge in [-0.25, -0.2) is 4.98 Å². The van der Waals surface area contributed by atoms with E-state index in [2.05, 4.69) is 72.8 Å². The van der Waals surface area contributed by atoms with Crippen molar-refractivity contribution in [2.75, 3.05) is 13.2 Å². The lowest BCUT2D eigenvalue weighted by molar-refractivity contribution is 0.315. The molecule has 2 aromatic carbocycles. The van der Waals surface area contributed by atoms with Gasteiger partial charge >= 0.3 is 0 Å². The Morgan fingerprint density at radius 1 is 0.973 bits per heavy atom.